The van der Waals surface area contributed by atoms with Crippen molar-refractivity contribution in [2.75, 3.05) is 13.2 Å². The number of aryl methyl sites for hydroxylation is 1. The van der Waals surface area contributed by atoms with Crippen molar-refractivity contribution in [3.05, 3.63) is 18.7 Å². The Hall–Kier alpha value is -1.36. The van der Waals surface area contributed by atoms with Crippen LogP contribution in [-0.4, -0.2) is 34.7 Å². The normalized spacial score (nSPS) is 19.9. The van der Waals surface area contributed by atoms with Gasteiger partial charge in [0.1, 0.15) is 6.10 Å². The van der Waals surface area contributed by atoms with Gasteiger partial charge in [-0.3, -0.25) is 4.79 Å². The molecular formula is C11H17N3O2. The number of amides is 1. The minimum atomic E-state index is -0.215. The van der Waals surface area contributed by atoms with E-state index in [1.807, 2.05) is 10.8 Å². The third-order valence-corrected chi connectivity index (χ3v) is 2.67. The molecule has 5 nitrogen and oxygen atoms in total. The Morgan fingerprint density at radius 2 is 2.56 bits per heavy atom. The first-order valence-electron chi connectivity index (χ1n) is 5.71. The van der Waals surface area contributed by atoms with E-state index in [9.17, 15) is 4.79 Å². The molecule has 1 saturated heterocycles. The second kappa shape index (κ2) is 5.65. The van der Waals surface area contributed by atoms with Gasteiger partial charge in [0.05, 0.1) is 6.33 Å². The molecule has 1 N–H and O–H groups in total. The van der Waals surface area contributed by atoms with Crippen LogP contribution in [0.25, 0.3) is 0 Å². The number of aromatic nitrogens is 2. The van der Waals surface area contributed by atoms with E-state index in [1.54, 1.807) is 12.5 Å². The summed E-state index contributed by atoms with van der Waals surface area (Å²) in [6.45, 7) is 2.29. The molecule has 1 fully saturated rings. The van der Waals surface area contributed by atoms with Gasteiger partial charge < -0.3 is 14.6 Å². The largest absolute Gasteiger partial charge is 0.368 e. The van der Waals surface area contributed by atoms with Crippen LogP contribution in [0, 0.1) is 0 Å². The Labute approximate surface area is 94.8 Å². The molecule has 0 bridgehead atoms. The van der Waals surface area contributed by atoms with Crippen molar-refractivity contribution < 1.29 is 9.53 Å². The number of carbonyl (C=O) groups excluding carboxylic acids is 1. The predicted molar refractivity (Wildman–Crippen MR) is 58.8 cm³/mol. The number of hydrogen-bond acceptors (Lipinski definition) is 3. The van der Waals surface area contributed by atoms with Crippen molar-refractivity contribution in [2.45, 2.75) is 31.9 Å². The zero-order valence-electron chi connectivity index (χ0n) is 9.26. The maximum atomic E-state index is 11.6. The van der Waals surface area contributed by atoms with Crippen LogP contribution in [0.4, 0.5) is 0 Å². The monoisotopic (exact) mass is 223 g/mol. The average Bonchev–Trinajstić information content (AvgIpc) is 2.96. The third-order valence-electron chi connectivity index (χ3n) is 2.67. The summed E-state index contributed by atoms with van der Waals surface area (Å²) in [5.41, 5.74) is 0. The number of carbonyl (C=O) groups is 1. The minimum Gasteiger partial charge on any atom is -0.368 e. The zero-order valence-corrected chi connectivity index (χ0v) is 9.26. The molecule has 2 heterocycles. The van der Waals surface area contributed by atoms with Crippen LogP contribution in [0.15, 0.2) is 18.7 Å². The van der Waals surface area contributed by atoms with Crippen LogP contribution < -0.4 is 5.32 Å². The standard InChI is InChI=1S/C11H17N3O2/c15-11(10-3-1-8-16-10)13-4-2-6-14-7-5-12-9-14/h5,7,9-10H,1-4,6,8H2,(H,13,15). The summed E-state index contributed by atoms with van der Waals surface area (Å²) >= 11 is 0. The van der Waals surface area contributed by atoms with E-state index in [-0.39, 0.29) is 12.0 Å². The van der Waals surface area contributed by atoms with Crippen molar-refractivity contribution >= 4 is 5.91 Å². The zero-order chi connectivity index (χ0) is 11.2. The number of imidazole rings is 1. The summed E-state index contributed by atoms with van der Waals surface area (Å²) in [5.74, 6) is 0.0307. The van der Waals surface area contributed by atoms with Gasteiger partial charge in [0.15, 0.2) is 0 Å². The van der Waals surface area contributed by atoms with Gasteiger partial charge in [-0.2, -0.15) is 0 Å². The Bertz CT molecular complexity index is 318. The fraction of sp³-hybridized carbons (Fsp3) is 0.636. The molecule has 5 heteroatoms. The van der Waals surface area contributed by atoms with Gasteiger partial charge >= 0.3 is 0 Å². The highest BCUT2D eigenvalue weighted by atomic mass is 16.5. The quantitative estimate of drug-likeness (QED) is 0.742. The molecule has 0 saturated carbocycles. The van der Waals surface area contributed by atoms with Crippen LogP contribution in [-0.2, 0) is 16.1 Å². The van der Waals surface area contributed by atoms with Gasteiger partial charge in [0.25, 0.3) is 0 Å². The SMILES string of the molecule is O=C(NCCCn1ccnc1)C1CCCO1. The van der Waals surface area contributed by atoms with Crippen LogP contribution in [0.1, 0.15) is 19.3 Å². The van der Waals surface area contributed by atoms with E-state index < -0.39 is 0 Å². The van der Waals surface area contributed by atoms with E-state index in [2.05, 4.69) is 10.3 Å². The smallest absolute Gasteiger partial charge is 0.249 e. The summed E-state index contributed by atoms with van der Waals surface area (Å²) in [7, 11) is 0. The molecule has 1 aliphatic heterocycles. The molecule has 1 unspecified atom stereocenters. The molecule has 0 radical (unpaired) electrons. The first-order valence-corrected chi connectivity index (χ1v) is 5.71. The average molecular weight is 223 g/mol. The van der Waals surface area contributed by atoms with Crippen LogP contribution >= 0.6 is 0 Å². The predicted octanol–water partition coefficient (Wildman–Crippen LogP) is 0.568. The number of nitrogens with one attached hydrogen (secondary N) is 1. The molecule has 1 aromatic heterocycles. The summed E-state index contributed by atoms with van der Waals surface area (Å²) < 4.78 is 7.29. The lowest BCUT2D eigenvalue weighted by molar-refractivity contribution is -0.130. The first-order chi connectivity index (χ1) is 7.86. The van der Waals surface area contributed by atoms with E-state index in [0.717, 1.165) is 25.8 Å². The highest BCUT2D eigenvalue weighted by Crippen LogP contribution is 2.11. The summed E-state index contributed by atoms with van der Waals surface area (Å²) in [6.07, 6.45) is 8.00. The number of ether oxygens (including phenoxy) is 1. The van der Waals surface area contributed by atoms with E-state index in [4.69, 9.17) is 4.74 Å². The molecule has 1 amide bonds. The molecule has 88 valence electrons. The lowest BCUT2D eigenvalue weighted by Crippen LogP contribution is -2.34. The number of nitrogens with zero attached hydrogens (tertiary/aromatic N) is 2. The summed E-state index contributed by atoms with van der Waals surface area (Å²) in [6, 6.07) is 0. The Morgan fingerprint density at radius 1 is 1.62 bits per heavy atom. The molecule has 16 heavy (non-hydrogen) atoms. The lowest BCUT2D eigenvalue weighted by Gasteiger charge is -2.10. The van der Waals surface area contributed by atoms with Gasteiger partial charge in [-0.15, -0.1) is 0 Å². The molecular weight excluding hydrogens is 206 g/mol. The molecule has 0 aromatic carbocycles. The molecule has 0 aliphatic carbocycles. The number of hydrogen-bond donors (Lipinski definition) is 1. The van der Waals surface area contributed by atoms with Crippen LogP contribution in [0.3, 0.4) is 0 Å². The fourth-order valence-corrected chi connectivity index (χ4v) is 1.79. The fourth-order valence-electron chi connectivity index (χ4n) is 1.79. The topological polar surface area (TPSA) is 56.2 Å². The maximum Gasteiger partial charge on any atom is 0.249 e. The van der Waals surface area contributed by atoms with E-state index >= 15 is 0 Å². The van der Waals surface area contributed by atoms with Gasteiger partial charge in [0, 0.05) is 32.1 Å². The van der Waals surface area contributed by atoms with Crippen molar-refractivity contribution in [3.63, 3.8) is 0 Å². The van der Waals surface area contributed by atoms with Crippen LogP contribution in [0.5, 0.6) is 0 Å². The molecule has 1 aromatic rings. The maximum absolute atomic E-state index is 11.6. The molecule has 1 aliphatic rings. The lowest BCUT2D eigenvalue weighted by atomic mass is 10.2. The minimum absolute atomic E-state index is 0.0307. The number of rotatable bonds is 5. The second-order valence-corrected chi connectivity index (χ2v) is 3.95. The Morgan fingerprint density at radius 3 is 3.25 bits per heavy atom. The highest BCUT2D eigenvalue weighted by molar-refractivity contribution is 5.80. The Balaban J connectivity index is 1.59. The van der Waals surface area contributed by atoms with Gasteiger partial charge in [-0.05, 0) is 19.3 Å². The van der Waals surface area contributed by atoms with Gasteiger partial charge in [-0.1, -0.05) is 0 Å². The molecule has 0 spiro atoms. The molecule has 2 rings (SSSR count). The van der Waals surface area contributed by atoms with Crippen molar-refractivity contribution in [3.8, 4) is 0 Å². The van der Waals surface area contributed by atoms with E-state index in [1.165, 1.54) is 0 Å². The highest BCUT2D eigenvalue weighted by Gasteiger charge is 2.22. The second-order valence-electron chi connectivity index (χ2n) is 3.95. The summed E-state index contributed by atoms with van der Waals surface area (Å²) in [5, 5.41) is 2.89. The Kier molecular flexibility index (Phi) is 3.93. The van der Waals surface area contributed by atoms with Crippen molar-refractivity contribution in [1.82, 2.24) is 14.9 Å². The van der Waals surface area contributed by atoms with Gasteiger partial charge in [0.2, 0.25) is 5.91 Å². The summed E-state index contributed by atoms with van der Waals surface area (Å²) in [4.78, 5) is 15.5. The van der Waals surface area contributed by atoms with Gasteiger partial charge in [-0.25, -0.2) is 4.98 Å². The van der Waals surface area contributed by atoms with Crippen molar-refractivity contribution in [1.29, 1.82) is 0 Å². The van der Waals surface area contributed by atoms with E-state index in [0.29, 0.717) is 13.2 Å². The van der Waals surface area contributed by atoms with Crippen molar-refractivity contribution in [2.24, 2.45) is 0 Å². The molecule has 1 atom stereocenters. The van der Waals surface area contributed by atoms with Crippen LogP contribution in [0.2, 0.25) is 0 Å². The third kappa shape index (κ3) is 3.06. The first kappa shape index (κ1) is 11.1.